The first-order valence-electron chi connectivity index (χ1n) is 8.95. The minimum atomic E-state index is 0.598. The minimum Gasteiger partial charge on any atom is -0.356 e. The standard InChI is InChI=1S/C17H32N4/c1-3-10-21-11-6-15(7-12-21)20-16(18-2)19-13-17(8-9-17)14-4-5-14/h14-15H,3-13H2,1-2H3,(H2,18,19,20). The van der Waals surface area contributed by atoms with Crippen LogP contribution in [0.3, 0.4) is 0 Å². The Morgan fingerprint density at radius 1 is 1.19 bits per heavy atom. The number of hydrogen-bond acceptors (Lipinski definition) is 2. The Morgan fingerprint density at radius 3 is 2.43 bits per heavy atom. The van der Waals surface area contributed by atoms with Crippen LogP contribution in [0.1, 0.15) is 51.9 Å². The quantitative estimate of drug-likeness (QED) is 0.582. The smallest absolute Gasteiger partial charge is 0.191 e. The van der Waals surface area contributed by atoms with Crippen molar-refractivity contribution in [2.75, 3.05) is 33.2 Å². The molecule has 0 bridgehead atoms. The van der Waals surface area contributed by atoms with Gasteiger partial charge in [0.25, 0.3) is 0 Å². The molecule has 3 aliphatic rings. The number of nitrogens with zero attached hydrogens (tertiary/aromatic N) is 2. The fourth-order valence-electron chi connectivity index (χ4n) is 3.85. The molecule has 3 rings (SSSR count). The molecule has 1 heterocycles. The third-order valence-corrected chi connectivity index (χ3v) is 5.64. The van der Waals surface area contributed by atoms with Gasteiger partial charge in [0.2, 0.25) is 0 Å². The van der Waals surface area contributed by atoms with Crippen LogP contribution in [0.15, 0.2) is 4.99 Å². The van der Waals surface area contributed by atoms with E-state index < -0.39 is 0 Å². The van der Waals surface area contributed by atoms with Crippen LogP contribution in [-0.4, -0.2) is 50.1 Å². The van der Waals surface area contributed by atoms with Crippen molar-refractivity contribution in [3.63, 3.8) is 0 Å². The van der Waals surface area contributed by atoms with E-state index in [1.54, 1.807) is 0 Å². The van der Waals surface area contributed by atoms with Gasteiger partial charge in [-0.1, -0.05) is 6.92 Å². The first-order valence-corrected chi connectivity index (χ1v) is 8.95. The third-order valence-electron chi connectivity index (χ3n) is 5.64. The number of hydrogen-bond donors (Lipinski definition) is 2. The molecule has 2 saturated carbocycles. The number of likely N-dealkylation sites (tertiary alicyclic amines) is 1. The van der Waals surface area contributed by atoms with Crippen LogP contribution in [0.2, 0.25) is 0 Å². The van der Waals surface area contributed by atoms with Gasteiger partial charge in [0.1, 0.15) is 0 Å². The predicted molar refractivity (Wildman–Crippen MR) is 88.6 cm³/mol. The van der Waals surface area contributed by atoms with Gasteiger partial charge in [-0.05, 0) is 62.8 Å². The van der Waals surface area contributed by atoms with E-state index in [0.717, 1.165) is 18.4 Å². The molecule has 21 heavy (non-hydrogen) atoms. The first-order chi connectivity index (χ1) is 10.3. The predicted octanol–water partition coefficient (Wildman–Crippen LogP) is 2.22. The van der Waals surface area contributed by atoms with Crippen molar-refractivity contribution >= 4 is 5.96 Å². The van der Waals surface area contributed by atoms with Gasteiger partial charge in [-0.25, -0.2) is 0 Å². The largest absolute Gasteiger partial charge is 0.356 e. The second-order valence-corrected chi connectivity index (χ2v) is 7.32. The summed E-state index contributed by atoms with van der Waals surface area (Å²) in [7, 11) is 1.90. The topological polar surface area (TPSA) is 39.7 Å². The highest BCUT2D eigenvalue weighted by atomic mass is 15.2. The molecule has 0 aromatic heterocycles. The van der Waals surface area contributed by atoms with E-state index in [0.29, 0.717) is 11.5 Å². The van der Waals surface area contributed by atoms with E-state index in [2.05, 4.69) is 27.4 Å². The van der Waals surface area contributed by atoms with Gasteiger partial charge in [0, 0.05) is 32.7 Å². The number of aliphatic imine (C=N–C) groups is 1. The first kappa shape index (κ1) is 15.1. The summed E-state index contributed by atoms with van der Waals surface area (Å²) in [6.45, 7) is 7.11. The summed E-state index contributed by atoms with van der Waals surface area (Å²) in [4.78, 5) is 7.01. The molecular weight excluding hydrogens is 260 g/mol. The van der Waals surface area contributed by atoms with Crippen molar-refractivity contribution in [3.8, 4) is 0 Å². The lowest BCUT2D eigenvalue weighted by atomic mass is 10.0. The van der Waals surface area contributed by atoms with Crippen LogP contribution in [0.4, 0.5) is 0 Å². The molecule has 1 saturated heterocycles. The maximum atomic E-state index is 4.43. The van der Waals surface area contributed by atoms with Crippen molar-refractivity contribution in [2.45, 2.75) is 57.9 Å². The Bertz CT molecular complexity index is 363. The van der Waals surface area contributed by atoms with Crippen LogP contribution < -0.4 is 10.6 Å². The van der Waals surface area contributed by atoms with E-state index in [4.69, 9.17) is 0 Å². The van der Waals surface area contributed by atoms with Crippen molar-refractivity contribution in [3.05, 3.63) is 0 Å². The summed E-state index contributed by atoms with van der Waals surface area (Å²) in [6, 6.07) is 0.598. The van der Waals surface area contributed by atoms with E-state index in [1.807, 2.05) is 7.05 Å². The number of rotatable bonds is 6. The lowest BCUT2D eigenvalue weighted by molar-refractivity contribution is 0.206. The Kier molecular flexibility index (Phi) is 4.72. The van der Waals surface area contributed by atoms with E-state index >= 15 is 0 Å². The molecule has 0 aromatic rings. The number of piperidine rings is 1. The van der Waals surface area contributed by atoms with E-state index in [1.165, 1.54) is 64.6 Å². The van der Waals surface area contributed by atoms with Crippen molar-refractivity contribution in [2.24, 2.45) is 16.3 Å². The molecule has 4 nitrogen and oxygen atoms in total. The molecule has 2 N–H and O–H groups in total. The van der Waals surface area contributed by atoms with Gasteiger partial charge >= 0.3 is 0 Å². The van der Waals surface area contributed by atoms with Gasteiger partial charge in [-0.3, -0.25) is 4.99 Å². The second kappa shape index (κ2) is 6.55. The maximum Gasteiger partial charge on any atom is 0.191 e. The van der Waals surface area contributed by atoms with Crippen LogP contribution in [-0.2, 0) is 0 Å². The van der Waals surface area contributed by atoms with Crippen LogP contribution in [0, 0.1) is 11.3 Å². The number of guanidine groups is 1. The molecule has 4 heteroatoms. The molecule has 120 valence electrons. The molecule has 0 unspecified atom stereocenters. The highest BCUT2D eigenvalue weighted by Crippen LogP contribution is 2.60. The van der Waals surface area contributed by atoms with Crippen molar-refractivity contribution < 1.29 is 0 Å². The highest BCUT2D eigenvalue weighted by Gasteiger charge is 2.53. The van der Waals surface area contributed by atoms with Gasteiger partial charge in [0.15, 0.2) is 5.96 Å². The molecule has 0 spiro atoms. The summed E-state index contributed by atoms with van der Waals surface area (Å²) < 4.78 is 0. The number of nitrogens with one attached hydrogen (secondary N) is 2. The minimum absolute atomic E-state index is 0.598. The zero-order valence-electron chi connectivity index (χ0n) is 13.8. The molecule has 0 atom stereocenters. The van der Waals surface area contributed by atoms with E-state index in [-0.39, 0.29) is 0 Å². The monoisotopic (exact) mass is 292 g/mol. The summed E-state index contributed by atoms with van der Waals surface area (Å²) in [6.07, 6.45) is 9.54. The van der Waals surface area contributed by atoms with Crippen molar-refractivity contribution in [1.82, 2.24) is 15.5 Å². The average molecular weight is 292 g/mol. The average Bonchev–Trinajstić information content (AvgIpc) is 3.38. The summed E-state index contributed by atoms with van der Waals surface area (Å²) in [5, 5.41) is 7.24. The van der Waals surface area contributed by atoms with Crippen LogP contribution in [0.25, 0.3) is 0 Å². The SMILES string of the molecule is CCCN1CCC(NC(=NC)NCC2(C3CC3)CC2)CC1. The van der Waals surface area contributed by atoms with Gasteiger partial charge in [-0.15, -0.1) is 0 Å². The lowest BCUT2D eigenvalue weighted by Gasteiger charge is -2.33. The second-order valence-electron chi connectivity index (χ2n) is 7.32. The summed E-state index contributed by atoms with van der Waals surface area (Å²) in [5.41, 5.74) is 0.641. The molecular formula is C17H32N4. The maximum absolute atomic E-state index is 4.43. The lowest BCUT2D eigenvalue weighted by Crippen LogP contribution is -2.49. The van der Waals surface area contributed by atoms with Gasteiger partial charge < -0.3 is 15.5 Å². The Balaban J connectivity index is 1.39. The molecule has 2 aliphatic carbocycles. The van der Waals surface area contributed by atoms with Crippen LogP contribution >= 0.6 is 0 Å². The summed E-state index contributed by atoms with van der Waals surface area (Å²) >= 11 is 0. The zero-order valence-corrected chi connectivity index (χ0v) is 13.8. The summed E-state index contributed by atoms with van der Waals surface area (Å²) in [5.74, 6) is 2.04. The van der Waals surface area contributed by atoms with Crippen LogP contribution in [0.5, 0.6) is 0 Å². The normalized spacial score (nSPS) is 26.7. The molecule has 0 amide bonds. The fourth-order valence-corrected chi connectivity index (χ4v) is 3.85. The highest BCUT2D eigenvalue weighted by molar-refractivity contribution is 5.80. The van der Waals surface area contributed by atoms with Crippen molar-refractivity contribution in [1.29, 1.82) is 0 Å². The Morgan fingerprint density at radius 2 is 1.90 bits per heavy atom. The Labute approximate surface area is 129 Å². The fraction of sp³-hybridized carbons (Fsp3) is 0.941. The molecule has 0 aromatic carbocycles. The molecule has 1 aliphatic heterocycles. The third kappa shape index (κ3) is 3.91. The van der Waals surface area contributed by atoms with E-state index in [9.17, 15) is 0 Å². The zero-order chi connectivity index (χ0) is 14.7. The molecule has 0 radical (unpaired) electrons. The molecule has 3 fully saturated rings. The van der Waals surface area contributed by atoms with Gasteiger partial charge in [-0.2, -0.15) is 0 Å². The van der Waals surface area contributed by atoms with Gasteiger partial charge in [0.05, 0.1) is 0 Å². The Hall–Kier alpha value is -0.770.